The number of carbonyl (C=O) groups excluding carboxylic acids is 1. The Bertz CT molecular complexity index is 1240. The highest BCUT2D eigenvalue weighted by atomic mass is 32.2. The Morgan fingerprint density at radius 1 is 0.867 bits per heavy atom. The van der Waals surface area contributed by atoms with Crippen LogP contribution >= 0.6 is 0 Å². The second-order valence-electron chi connectivity index (χ2n) is 6.34. The molecular formula is C21H16N4O4S. The van der Waals surface area contributed by atoms with Gasteiger partial charge in [0.1, 0.15) is 5.71 Å². The number of carbonyl (C=O) groups is 1. The zero-order valence-electron chi connectivity index (χ0n) is 15.5. The van der Waals surface area contributed by atoms with Gasteiger partial charge in [-0.25, -0.2) is 0 Å². The zero-order chi connectivity index (χ0) is 21.1. The molecule has 8 nitrogen and oxygen atoms in total. The predicted octanol–water partition coefficient (Wildman–Crippen LogP) is 3.15. The molecule has 1 aliphatic heterocycles. The quantitative estimate of drug-likeness (QED) is 0.487. The van der Waals surface area contributed by atoms with Gasteiger partial charge < -0.3 is 0 Å². The highest BCUT2D eigenvalue weighted by Gasteiger charge is 2.34. The van der Waals surface area contributed by atoms with E-state index >= 15 is 0 Å². The number of nitrogens with zero attached hydrogens (tertiary/aromatic N) is 3. The van der Waals surface area contributed by atoms with E-state index in [1.807, 2.05) is 48.5 Å². The lowest BCUT2D eigenvalue weighted by Crippen LogP contribution is -2.28. The first kappa shape index (κ1) is 19.5. The van der Waals surface area contributed by atoms with Gasteiger partial charge in [0.25, 0.3) is 10.1 Å². The van der Waals surface area contributed by atoms with Crippen molar-refractivity contribution in [1.29, 1.82) is 0 Å². The highest BCUT2D eigenvalue weighted by molar-refractivity contribution is 7.85. The van der Waals surface area contributed by atoms with E-state index in [9.17, 15) is 13.2 Å². The van der Waals surface area contributed by atoms with E-state index in [0.717, 1.165) is 5.56 Å². The second kappa shape index (κ2) is 7.90. The molecule has 1 amide bonds. The Hall–Kier alpha value is -3.82. The van der Waals surface area contributed by atoms with Crippen molar-refractivity contribution in [1.82, 2.24) is 0 Å². The Morgan fingerprint density at radius 3 is 2.07 bits per heavy atom. The zero-order valence-corrected chi connectivity index (χ0v) is 16.3. The highest BCUT2D eigenvalue weighted by Crippen LogP contribution is 2.22. The van der Waals surface area contributed by atoms with Crippen molar-refractivity contribution in [3.63, 3.8) is 0 Å². The SMILES string of the molecule is O=C1C(=NNc2ccc(S(=O)(=O)O)cc2)C(c2ccccc2)=NN1c1ccccc1. The van der Waals surface area contributed by atoms with E-state index in [-0.39, 0.29) is 10.6 Å². The van der Waals surface area contributed by atoms with Crippen LogP contribution in [0.5, 0.6) is 0 Å². The van der Waals surface area contributed by atoms with Crippen molar-refractivity contribution in [3.8, 4) is 0 Å². The number of amides is 1. The summed E-state index contributed by atoms with van der Waals surface area (Å²) < 4.78 is 31.4. The van der Waals surface area contributed by atoms with E-state index in [1.54, 1.807) is 12.1 Å². The minimum atomic E-state index is -4.29. The number of nitrogens with one attached hydrogen (secondary N) is 1. The van der Waals surface area contributed by atoms with Gasteiger partial charge in [-0.2, -0.15) is 23.6 Å². The van der Waals surface area contributed by atoms with Crippen LogP contribution in [-0.2, 0) is 14.9 Å². The lowest BCUT2D eigenvalue weighted by Gasteiger charge is -2.10. The minimum Gasteiger partial charge on any atom is -0.282 e. The predicted molar refractivity (Wildman–Crippen MR) is 114 cm³/mol. The largest absolute Gasteiger partial charge is 0.301 e. The Morgan fingerprint density at radius 2 is 1.47 bits per heavy atom. The molecule has 1 heterocycles. The van der Waals surface area contributed by atoms with Crippen LogP contribution in [-0.4, -0.2) is 30.3 Å². The molecule has 0 fully saturated rings. The summed E-state index contributed by atoms with van der Waals surface area (Å²) in [6, 6.07) is 23.5. The summed E-state index contributed by atoms with van der Waals surface area (Å²) in [7, 11) is -4.29. The van der Waals surface area contributed by atoms with Gasteiger partial charge in [0, 0.05) is 5.56 Å². The molecule has 2 N–H and O–H groups in total. The first-order chi connectivity index (χ1) is 14.4. The van der Waals surface area contributed by atoms with Crippen molar-refractivity contribution in [2.24, 2.45) is 10.2 Å². The van der Waals surface area contributed by atoms with Gasteiger partial charge in [0.2, 0.25) is 0 Å². The normalized spacial score (nSPS) is 15.4. The maximum atomic E-state index is 13.0. The molecule has 0 bridgehead atoms. The molecule has 0 radical (unpaired) electrons. The van der Waals surface area contributed by atoms with E-state index in [1.165, 1.54) is 29.3 Å². The first-order valence-corrected chi connectivity index (χ1v) is 10.3. The molecule has 150 valence electrons. The molecule has 0 atom stereocenters. The van der Waals surface area contributed by atoms with Crippen molar-refractivity contribution in [3.05, 3.63) is 90.5 Å². The fourth-order valence-corrected chi connectivity index (χ4v) is 3.33. The van der Waals surface area contributed by atoms with E-state index < -0.39 is 16.0 Å². The molecule has 1 aliphatic rings. The number of para-hydroxylation sites is 1. The molecule has 0 saturated carbocycles. The summed E-state index contributed by atoms with van der Waals surface area (Å²) in [5.41, 5.74) is 5.05. The monoisotopic (exact) mass is 420 g/mol. The lowest BCUT2D eigenvalue weighted by molar-refractivity contribution is -0.112. The van der Waals surface area contributed by atoms with Crippen molar-refractivity contribution in [2.75, 3.05) is 10.4 Å². The summed E-state index contributed by atoms with van der Waals surface area (Å²) in [6.45, 7) is 0. The van der Waals surface area contributed by atoms with Crippen molar-refractivity contribution >= 4 is 38.8 Å². The van der Waals surface area contributed by atoms with Gasteiger partial charge in [-0.05, 0) is 36.4 Å². The van der Waals surface area contributed by atoms with Crippen LogP contribution in [0, 0.1) is 0 Å². The van der Waals surface area contributed by atoms with Gasteiger partial charge in [-0.15, -0.1) is 0 Å². The Kier molecular flexibility index (Phi) is 5.13. The van der Waals surface area contributed by atoms with E-state index in [4.69, 9.17) is 4.55 Å². The fourth-order valence-electron chi connectivity index (χ4n) is 2.85. The van der Waals surface area contributed by atoms with Crippen LogP contribution in [0.25, 0.3) is 0 Å². The standard InChI is InChI=1S/C21H16N4O4S/c26-21-20(23-22-16-11-13-18(14-12-16)30(27,28)29)19(15-7-3-1-4-8-15)24-25(21)17-9-5-2-6-10-17/h1-14,22H,(H,27,28,29). The van der Waals surface area contributed by atoms with Gasteiger partial charge in [-0.3, -0.25) is 14.8 Å². The molecule has 4 rings (SSSR count). The molecule has 3 aromatic carbocycles. The summed E-state index contributed by atoms with van der Waals surface area (Å²) in [6.07, 6.45) is 0. The molecule has 30 heavy (non-hydrogen) atoms. The lowest BCUT2D eigenvalue weighted by atomic mass is 10.1. The van der Waals surface area contributed by atoms with Crippen molar-refractivity contribution < 1.29 is 17.8 Å². The van der Waals surface area contributed by atoms with Crippen LogP contribution in [0.2, 0.25) is 0 Å². The fraction of sp³-hybridized carbons (Fsp3) is 0. The minimum absolute atomic E-state index is 0.115. The molecule has 0 saturated heterocycles. The molecule has 0 aliphatic carbocycles. The van der Waals surface area contributed by atoms with Crippen LogP contribution in [0.4, 0.5) is 11.4 Å². The van der Waals surface area contributed by atoms with E-state index in [2.05, 4.69) is 15.6 Å². The third-order valence-electron chi connectivity index (χ3n) is 4.32. The smallest absolute Gasteiger partial charge is 0.282 e. The second-order valence-corrected chi connectivity index (χ2v) is 7.76. The molecule has 0 spiro atoms. The number of benzene rings is 3. The number of rotatable bonds is 5. The van der Waals surface area contributed by atoms with E-state index in [0.29, 0.717) is 17.1 Å². The summed E-state index contributed by atoms with van der Waals surface area (Å²) >= 11 is 0. The van der Waals surface area contributed by atoms with Gasteiger partial charge in [-0.1, -0.05) is 48.5 Å². The number of anilines is 2. The third kappa shape index (κ3) is 3.97. The maximum Gasteiger partial charge on any atom is 0.301 e. The molecule has 9 heteroatoms. The van der Waals surface area contributed by atoms with Crippen LogP contribution < -0.4 is 10.4 Å². The Labute approximate surface area is 172 Å². The summed E-state index contributed by atoms with van der Waals surface area (Å²) in [5, 5.41) is 9.98. The maximum absolute atomic E-state index is 13.0. The molecule has 0 aromatic heterocycles. The average molecular weight is 420 g/mol. The third-order valence-corrected chi connectivity index (χ3v) is 5.18. The number of hydrazone groups is 2. The van der Waals surface area contributed by atoms with Crippen LogP contribution in [0.15, 0.2) is 100 Å². The van der Waals surface area contributed by atoms with Crippen LogP contribution in [0.1, 0.15) is 5.56 Å². The van der Waals surface area contributed by atoms with Gasteiger partial charge in [0.15, 0.2) is 5.71 Å². The first-order valence-electron chi connectivity index (χ1n) is 8.88. The summed E-state index contributed by atoms with van der Waals surface area (Å²) in [5.74, 6) is -0.401. The van der Waals surface area contributed by atoms with Crippen LogP contribution in [0.3, 0.4) is 0 Å². The topological polar surface area (TPSA) is 111 Å². The van der Waals surface area contributed by atoms with Crippen molar-refractivity contribution in [2.45, 2.75) is 4.90 Å². The number of hydrogen-bond donors (Lipinski definition) is 2. The summed E-state index contributed by atoms with van der Waals surface area (Å²) in [4.78, 5) is 12.8. The van der Waals surface area contributed by atoms with Gasteiger partial charge in [0.05, 0.1) is 16.3 Å². The molecule has 3 aromatic rings. The Balaban J connectivity index is 1.68. The average Bonchev–Trinajstić information content (AvgIpc) is 3.09. The number of hydrogen-bond acceptors (Lipinski definition) is 6. The van der Waals surface area contributed by atoms with Gasteiger partial charge >= 0.3 is 5.91 Å². The molecule has 0 unspecified atom stereocenters. The molecular weight excluding hydrogens is 404 g/mol.